The third-order valence-electron chi connectivity index (χ3n) is 1.26. The number of nitro groups is 1. The summed E-state index contributed by atoms with van der Waals surface area (Å²) in [6, 6.07) is 5.80. The van der Waals surface area contributed by atoms with Crippen LogP contribution in [0.4, 0.5) is 5.69 Å². The lowest BCUT2D eigenvalue weighted by Gasteiger charge is -1.91. The summed E-state index contributed by atoms with van der Waals surface area (Å²) in [5.74, 6) is 0. The van der Waals surface area contributed by atoms with Crippen molar-refractivity contribution in [1.82, 2.24) is 0 Å². The monoisotopic (exact) mass is 197 g/mol. The number of rotatable bonds is 2. The first-order valence-corrected chi connectivity index (χ1v) is 3.76. The molecule has 0 aliphatic rings. The average molecular weight is 197 g/mol. The van der Waals surface area contributed by atoms with Gasteiger partial charge in [-0.15, -0.1) is 0 Å². The minimum atomic E-state index is -0.580. The van der Waals surface area contributed by atoms with E-state index in [1.807, 2.05) is 0 Å². The number of methoxy groups -OCH3 is 1. The van der Waals surface area contributed by atoms with Crippen LogP contribution < -0.4 is 0 Å². The van der Waals surface area contributed by atoms with Gasteiger partial charge in [-0.05, 0) is 6.07 Å². The highest BCUT2D eigenvalue weighted by Gasteiger charge is 2.09. The van der Waals surface area contributed by atoms with E-state index >= 15 is 0 Å². The molecule has 0 unspecified atom stereocenters. The molecule has 0 saturated carbocycles. The first-order chi connectivity index (χ1) is 6.67. The second-order valence-electron chi connectivity index (χ2n) is 2.34. The van der Waals surface area contributed by atoms with Crippen molar-refractivity contribution in [2.75, 3.05) is 14.2 Å². The van der Waals surface area contributed by atoms with E-state index < -0.39 is 4.92 Å². The van der Waals surface area contributed by atoms with Crippen LogP contribution in [0.25, 0.3) is 0 Å². The third-order valence-corrected chi connectivity index (χ3v) is 1.26. The van der Waals surface area contributed by atoms with Crippen molar-refractivity contribution in [2.45, 2.75) is 0 Å². The molecular weight excluding hydrogens is 186 g/mol. The van der Waals surface area contributed by atoms with E-state index in [1.165, 1.54) is 18.2 Å². The predicted octanol–water partition coefficient (Wildman–Crippen LogP) is 1.67. The number of nitro benzene ring substituents is 1. The number of hydrogen-bond donors (Lipinski definition) is 0. The molecule has 14 heavy (non-hydrogen) atoms. The van der Waals surface area contributed by atoms with Crippen LogP contribution >= 0.6 is 0 Å². The zero-order valence-electron chi connectivity index (χ0n) is 7.97. The molecule has 0 amide bonds. The van der Waals surface area contributed by atoms with Crippen LogP contribution in [0, 0.1) is 10.1 Å². The van der Waals surface area contributed by atoms with Crippen molar-refractivity contribution in [2.24, 2.45) is 0 Å². The normalized spacial score (nSPS) is 8.43. The van der Waals surface area contributed by atoms with Gasteiger partial charge in [-0.25, -0.2) is 0 Å². The van der Waals surface area contributed by atoms with Crippen molar-refractivity contribution in [1.29, 1.82) is 0 Å². The fraction of sp³-hybridized carbons (Fsp3) is 0.222. The Hall–Kier alpha value is -1.75. The van der Waals surface area contributed by atoms with Crippen molar-refractivity contribution in [3.05, 3.63) is 39.9 Å². The summed E-state index contributed by atoms with van der Waals surface area (Å²) in [6.07, 6.45) is 0.470. The van der Waals surface area contributed by atoms with Crippen molar-refractivity contribution in [3.8, 4) is 0 Å². The lowest BCUT2D eigenvalue weighted by atomic mass is 10.2. The topological polar surface area (TPSA) is 69.4 Å². The Morgan fingerprint density at radius 1 is 1.36 bits per heavy atom. The van der Waals surface area contributed by atoms with Crippen LogP contribution in [0.5, 0.6) is 0 Å². The lowest BCUT2D eigenvalue weighted by molar-refractivity contribution is -0.385. The van der Waals surface area contributed by atoms with E-state index in [9.17, 15) is 14.9 Å². The summed E-state index contributed by atoms with van der Waals surface area (Å²) >= 11 is 0. The summed E-state index contributed by atoms with van der Waals surface area (Å²) in [5.41, 5.74) is -0.0417. The Kier molecular flexibility index (Phi) is 5.89. The fourth-order valence-electron chi connectivity index (χ4n) is 0.753. The summed E-state index contributed by atoms with van der Waals surface area (Å²) in [7, 11) is 3.25. The Bertz CT molecular complexity index is 311. The molecule has 0 aliphatic carbocycles. The van der Waals surface area contributed by atoms with Gasteiger partial charge >= 0.3 is 0 Å². The number of hydrogen-bond acceptors (Lipinski definition) is 4. The van der Waals surface area contributed by atoms with Gasteiger partial charge in [0, 0.05) is 20.3 Å². The average Bonchev–Trinajstić information content (AvgIpc) is 2.19. The number of para-hydroxylation sites is 1. The van der Waals surface area contributed by atoms with E-state index in [0.29, 0.717) is 6.29 Å². The van der Waals surface area contributed by atoms with Gasteiger partial charge in [0.25, 0.3) is 5.69 Å². The molecule has 1 aromatic rings. The van der Waals surface area contributed by atoms with E-state index in [4.69, 9.17) is 0 Å². The maximum absolute atomic E-state index is 10.2. The molecule has 0 aromatic heterocycles. The maximum Gasteiger partial charge on any atom is 0.279 e. The van der Waals surface area contributed by atoms with Gasteiger partial charge in [0.1, 0.15) is 0 Å². The molecule has 0 spiro atoms. The van der Waals surface area contributed by atoms with Crippen LogP contribution in [0.15, 0.2) is 24.3 Å². The lowest BCUT2D eigenvalue weighted by Crippen LogP contribution is -1.92. The van der Waals surface area contributed by atoms with E-state index in [0.717, 1.165) is 0 Å². The molecule has 0 radical (unpaired) electrons. The number of benzene rings is 1. The molecule has 5 nitrogen and oxygen atoms in total. The van der Waals surface area contributed by atoms with Gasteiger partial charge in [-0.2, -0.15) is 0 Å². The number of carbonyl (C=O) groups is 1. The predicted molar refractivity (Wildman–Crippen MR) is 51.4 cm³/mol. The standard InChI is InChI=1S/C7H5NO3.C2H6O/c9-5-6-3-1-2-4-7(6)8(10)11;1-3-2/h1-5H;1-2H3. The van der Waals surface area contributed by atoms with Crippen molar-refractivity contribution >= 4 is 12.0 Å². The Morgan fingerprint density at radius 3 is 2.21 bits per heavy atom. The molecule has 0 atom stereocenters. The summed E-state index contributed by atoms with van der Waals surface area (Å²) < 4.78 is 4.25. The highest BCUT2D eigenvalue weighted by Crippen LogP contribution is 2.14. The molecular formula is C9H11NO4. The zero-order chi connectivity index (χ0) is 11.0. The van der Waals surface area contributed by atoms with Gasteiger partial charge in [0.05, 0.1) is 10.5 Å². The molecule has 0 saturated heterocycles. The number of nitrogens with zero attached hydrogens (tertiary/aromatic N) is 1. The fourth-order valence-corrected chi connectivity index (χ4v) is 0.753. The van der Waals surface area contributed by atoms with E-state index in [-0.39, 0.29) is 11.3 Å². The van der Waals surface area contributed by atoms with Crippen LogP contribution in [-0.2, 0) is 4.74 Å². The smallest absolute Gasteiger partial charge is 0.279 e. The quantitative estimate of drug-likeness (QED) is 0.410. The van der Waals surface area contributed by atoms with E-state index in [2.05, 4.69) is 4.74 Å². The summed E-state index contributed by atoms with van der Waals surface area (Å²) in [4.78, 5) is 19.9. The first kappa shape index (κ1) is 12.2. The molecule has 76 valence electrons. The third kappa shape index (κ3) is 3.77. The highest BCUT2D eigenvalue weighted by atomic mass is 16.6. The number of carbonyl (C=O) groups excluding carboxylic acids is 1. The molecule has 0 fully saturated rings. The Labute approximate surface area is 81.5 Å². The molecule has 0 heterocycles. The van der Waals surface area contributed by atoms with Gasteiger partial charge in [-0.3, -0.25) is 14.9 Å². The molecule has 5 heteroatoms. The Morgan fingerprint density at radius 2 is 1.86 bits per heavy atom. The van der Waals surface area contributed by atoms with Crippen LogP contribution in [0.1, 0.15) is 10.4 Å². The largest absolute Gasteiger partial charge is 0.388 e. The molecule has 0 aliphatic heterocycles. The SMILES string of the molecule is COC.O=Cc1ccccc1[N+](=O)[O-]. The van der Waals surface area contributed by atoms with Crippen molar-refractivity contribution in [3.63, 3.8) is 0 Å². The van der Waals surface area contributed by atoms with Gasteiger partial charge in [0.2, 0.25) is 0 Å². The van der Waals surface area contributed by atoms with Crippen molar-refractivity contribution < 1.29 is 14.5 Å². The van der Waals surface area contributed by atoms with Crippen LogP contribution in [-0.4, -0.2) is 25.4 Å². The molecule has 1 aromatic carbocycles. The highest BCUT2D eigenvalue weighted by molar-refractivity contribution is 5.81. The van der Waals surface area contributed by atoms with Gasteiger partial charge < -0.3 is 4.74 Å². The van der Waals surface area contributed by atoms with Gasteiger partial charge in [0.15, 0.2) is 6.29 Å². The van der Waals surface area contributed by atoms with Crippen LogP contribution in [0.2, 0.25) is 0 Å². The minimum absolute atomic E-state index is 0.109. The second-order valence-corrected chi connectivity index (χ2v) is 2.34. The minimum Gasteiger partial charge on any atom is -0.388 e. The van der Waals surface area contributed by atoms with Gasteiger partial charge in [-0.1, -0.05) is 12.1 Å². The summed E-state index contributed by atoms with van der Waals surface area (Å²) in [6.45, 7) is 0. The zero-order valence-corrected chi connectivity index (χ0v) is 7.97. The number of aldehydes is 1. The Balaban J connectivity index is 0.000000500. The molecule has 0 N–H and O–H groups in total. The number of ether oxygens (including phenoxy) is 1. The molecule has 0 bridgehead atoms. The van der Waals surface area contributed by atoms with Crippen LogP contribution in [0.3, 0.4) is 0 Å². The first-order valence-electron chi connectivity index (χ1n) is 3.76. The maximum atomic E-state index is 10.2. The second kappa shape index (κ2) is 6.73. The van der Waals surface area contributed by atoms with E-state index in [1.54, 1.807) is 20.3 Å². The summed E-state index contributed by atoms with van der Waals surface area (Å²) in [5, 5.41) is 10.2. The molecule has 1 rings (SSSR count).